The van der Waals surface area contributed by atoms with E-state index in [2.05, 4.69) is 25.3 Å². The number of phenols is 1. The summed E-state index contributed by atoms with van der Waals surface area (Å²) >= 11 is 0. The molecule has 0 fully saturated rings. The summed E-state index contributed by atoms with van der Waals surface area (Å²) in [4.78, 5) is 0. The maximum Gasteiger partial charge on any atom is 0.118 e. The quantitative estimate of drug-likeness (QED) is 0.703. The number of aryl methyl sites for hydroxylation is 1. The highest BCUT2D eigenvalue weighted by molar-refractivity contribution is 5.65. The van der Waals surface area contributed by atoms with Crippen LogP contribution in [0.1, 0.15) is 5.56 Å². The van der Waals surface area contributed by atoms with Gasteiger partial charge in [0.1, 0.15) is 5.75 Å². The van der Waals surface area contributed by atoms with Gasteiger partial charge in [0.2, 0.25) is 0 Å². The first-order valence-electron chi connectivity index (χ1n) is 5.12. The molecule has 0 aliphatic carbocycles. The summed E-state index contributed by atoms with van der Waals surface area (Å²) in [5.41, 5.74) is 3.22. The van der Waals surface area contributed by atoms with Crippen LogP contribution in [-0.2, 0) is 0 Å². The Bertz CT molecular complexity index is 446. The number of aromatic hydroxyl groups is 1. The lowest BCUT2D eigenvalue weighted by Crippen LogP contribution is -1.79. The molecule has 0 saturated carbocycles. The average Bonchev–Trinajstić information content (AvgIpc) is 2.36. The molecule has 0 spiro atoms. The van der Waals surface area contributed by atoms with Gasteiger partial charge in [-0.05, 0) is 35.7 Å². The monoisotopic (exact) mass is 212 g/mol. The third-order valence-electron chi connectivity index (χ3n) is 2.30. The molecule has 2 aromatic rings. The normalized spacial score (nSPS) is 9.06. The summed E-state index contributed by atoms with van der Waals surface area (Å²) in [5, 5.41) is 9.39. The van der Waals surface area contributed by atoms with E-state index >= 15 is 0 Å². The lowest BCUT2D eigenvalue weighted by molar-refractivity contribution is 0.471. The van der Waals surface area contributed by atoms with E-state index in [0.717, 1.165) is 11.1 Å². The molecule has 1 heteroatoms. The van der Waals surface area contributed by atoms with E-state index in [0.29, 0.717) is 5.75 Å². The van der Waals surface area contributed by atoms with Gasteiger partial charge >= 0.3 is 0 Å². The van der Waals surface area contributed by atoms with Crippen molar-refractivity contribution in [1.82, 2.24) is 0 Å². The van der Waals surface area contributed by atoms with Gasteiger partial charge in [-0.25, -0.2) is 0 Å². The zero-order valence-electron chi connectivity index (χ0n) is 9.48. The summed E-state index contributed by atoms with van der Waals surface area (Å²) in [6.07, 6.45) is 0. The number of benzene rings is 2. The SMILES string of the molecule is C=C.Cc1cc(-c2ccccc2)ccc1O. The number of hydrogen-bond donors (Lipinski definition) is 1. The molecule has 16 heavy (non-hydrogen) atoms. The Kier molecular flexibility index (Phi) is 4.34. The standard InChI is InChI=1S/C13H12O.C2H4/c1-10-9-12(7-8-13(10)14)11-5-3-2-4-6-11;1-2/h2-9,14H,1H3;1-2H2. The molecule has 0 aromatic heterocycles. The molecule has 2 rings (SSSR count). The molecule has 82 valence electrons. The van der Waals surface area contributed by atoms with Crippen LogP contribution in [0.2, 0.25) is 0 Å². The molecule has 1 N–H and O–H groups in total. The van der Waals surface area contributed by atoms with Gasteiger partial charge in [-0.1, -0.05) is 36.4 Å². The molecule has 0 atom stereocenters. The molecule has 0 unspecified atom stereocenters. The zero-order valence-corrected chi connectivity index (χ0v) is 9.48. The first-order chi connectivity index (χ1) is 7.77. The first kappa shape index (κ1) is 12.1. The second-order valence-corrected chi connectivity index (χ2v) is 3.37. The van der Waals surface area contributed by atoms with Crippen molar-refractivity contribution in [3.8, 4) is 16.9 Å². The molecular formula is C15H16O. The first-order valence-corrected chi connectivity index (χ1v) is 5.12. The summed E-state index contributed by atoms with van der Waals surface area (Å²) < 4.78 is 0. The minimum absolute atomic E-state index is 0.352. The maximum absolute atomic E-state index is 9.39. The van der Waals surface area contributed by atoms with E-state index in [1.165, 1.54) is 5.56 Å². The van der Waals surface area contributed by atoms with Gasteiger partial charge < -0.3 is 5.11 Å². The second kappa shape index (κ2) is 5.76. The van der Waals surface area contributed by atoms with E-state index in [-0.39, 0.29) is 0 Å². The second-order valence-electron chi connectivity index (χ2n) is 3.37. The third-order valence-corrected chi connectivity index (χ3v) is 2.30. The highest BCUT2D eigenvalue weighted by Gasteiger charge is 1.99. The number of hydrogen-bond acceptors (Lipinski definition) is 1. The van der Waals surface area contributed by atoms with Gasteiger partial charge in [0, 0.05) is 0 Å². The molecular weight excluding hydrogens is 196 g/mol. The molecule has 0 heterocycles. The van der Waals surface area contributed by atoms with Gasteiger partial charge in [-0.3, -0.25) is 0 Å². The molecule has 0 radical (unpaired) electrons. The minimum atomic E-state index is 0.352. The van der Waals surface area contributed by atoms with Crippen LogP contribution < -0.4 is 0 Å². The molecule has 1 nitrogen and oxygen atoms in total. The Morgan fingerprint density at radius 2 is 1.50 bits per heavy atom. The van der Waals surface area contributed by atoms with Crippen LogP contribution >= 0.6 is 0 Å². The summed E-state index contributed by atoms with van der Waals surface area (Å²) in [7, 11) is 0. The predicted molar refractivity (Wildman–Crippen MR) is 69.5 cm³/mol. The van der Waals surface area contributed by atoms with Crippen LogP contribution in [0.4, 0.5) is 0 Å². The van der Waals surface area contributed by atoms with Gasteiger partial charge in [0.15, 0.2) is 0 Å². The van der Waals surface area contributed by atoms with Crippen LogP contribution in [-0.4, -0.2) is 5.11 Å². The summed E-state index contributed by atoms with van der Waals surface area (Å²) in [6, 6.07) is 15.8. The van der Waals surface area contributed by atoms with Gasteiger partial charge in [-0.15, -0.1) is 13.2 Å². The molecule has 0 amide bonds. The smallest absolute Gasteiger partial charge is 0.118 e. The fourth-order valence-corrected chi connectivity index (χ4v) is 1.47. The lowest BCUT2D eigenvalue weighted by Gasteiger charge is -2.03. The van der Waals surface area contributed by atoms with E-state index in [1.807, 2.05) is 37.3 Å². The van der Waals surface area contributed by atoms with Crippen molar-refractivity contribution in [2.45, 2.75) is 6.92 Å². The van der Waals surface area contributed by atoms with Crippen LogP contribution in [0.3, 0.4) is 0 Å². The Hall–Kier alpha value is -2.02. The summed E-state index contributed by atoms with van der Waals surface area (Å²) in [6.45, 7) is 7.90. The highest BCUT2D eigenvalue weighted by Crippen LogP contribution is 2.24. The van der Waals surface area contributed by atoms with Crippen molar-refractivity contribution in [2.24, 2.45) is 0 Å². The lowest BCUT2D eigenvalue weighted by atomic mass is 10.0. The van der Waals surface area contributed by atoms with Crippen molar-refractivity contribution in [1.29, 1.82) is 0 Å². The molecule has 0 bridgehead atoms. The predicted octanol–water partition coefficient (Wildman–Crippen LogP) is 4.17. The van der Waals surface area contributed by atoms with Crippen molar-refractivity contribution >= 4 is 0 Å². The van der Waals surface area contributed by atoms with Crippen molar-refractivity contribution in [2.75, 3.05) is 0 Å². The van der Waals surface area contributed by atoms with Crippen LogP contribution in [0.15, 0.2) is 61.7 Å². The molecule has 0 aliphatic rings. The third kappa shape index (κ3) is 2.74. The maximum atomic E-state index is 9.39. The molecule has 0 saturated heterocycles. The van der Waals surface area contributed by atoms with Crippen LogP contribution in [0.5, 0.6) is 5.75 Å². The van der Waals surface area contributed by atoms with Crippen molar-refractivity contribution in [3.63, 3.8) is 0 Å². The van der Waals surface area contributed by atoms with Gasteiger partial charge in [0.25, 0.3) is 0 Å². The van der Waals surface area contributed by atoms with Crippen LogP contribution in [0.25, 0.3) is 11.1 Å². The van der Waals surface area contributed by atoms with E-state index < -0.39 is 0 Å². The Morgan fingerprint density at radius 1 is 0.875 bits per heavy atom. The largest absolute Gasteiger partial charge is 0.508 e. The summed E-state index contributed by atoms with van der Waals surface area (Å²) in [5.74, 6) is 0.352. The van der Waals surface area contributed by atoms with E-state index in [9.17, 15) is 5.11 Å². The van der Waals surface area contributed by atoms with E-state index in [1.54, 1.807) is 6.07 Å². The fourth-order valence-electron chi connectivity index (χ4n) is 1.47. The van der Waals surface area contributed by atoms with E-state index in [4.69, 9.17) is 0 Å². The molecule has 2 aromatic carbocycles. The average molecular weight is 212 g/mol. The molecule has 0 aliphatic heterocycles. The van der Waals surface area contributed by atoms with Gasteiger partial charge in [0.05, 0.1) is 0 Å². The Morgan fingerprint density at radius 3 is 2.06 bits per heavy atom. The van der Waals surface area contributed by atoms with Gasteiger partial charge in [-0.2, -0.15) is 0 Å². The number of rotatable bonds is 1. The van der Waals surface area contributed by atoms with Crippen LogP contribution in [0, 0.1) is 6.92 Å². The topological polar surface area (TPSA) is 20.2 Å². The fraction of sp³-hybridized carbons (Fsp3) is 0.0667. The minimum Gasteiger partial charge on any atom is -0.508 e. The highest BCUT2D eigenvalue weighted by atomic mass is 16.3. The zero-order chi connectivity index (χ0) is 12.0. The Balaban J connectivity index is 0.000000606. The van der Waals surface area contributed by atoms with Crippen molar-refractivity contribution < 1.29 is 5.11 Å². The van der Waals surface area contributed by atoms with Crippen molar-refractivity contribution in [3.05, 3.63) is 67.3 Å². The Labute approximate surface area is 96.7 Å². The number of phenolic OH excluding ortho intramolecular Hbond substituents is 1.